The minimum Gasteiger partial charge on any atom is -0.481 e. The molecule has 1 aromatic heterocycles. The lowest BCUT2D eigenvalue weighted by atomic mass is 9.91. The fourth-order valence-electron chi connectivity index (χ4n) is 5.97. The highest BCUT2D eigenvalue weighted by atomic mass is 19.4. The molecule has 0 radical (unpaired) electrons. The molecule has 1 amide bonds. The molecule has 2 atom stereocenters. The molecular weight excluding hydrogens is 499 g/mol. The number of anilines is 2. The van der Waals surface area contributed by atoms with Gasteiger partial charge in [0.2, 0.25) is 5.91 Å². The summed E-state index contributed by atoms with van der Waals surface area (Å²) in [4.78, 5) is 39.2. The average Bonchev–Trinajstić information content (AvgIpc) is 3.58. The van der Waals surface area contributed by atoms with E-state index in [4.69, 9.17) is 0 Å². The van der Waals surface area contributed by atoms with Crippen molar-refractivity contribution in [2.75, 3.05) is 49.1 Å². The van der Waals surface area contributed by atoms with Crippen LogP contribution >= 0.6 is 0 Å². The van der Waals surface area contributed by atoms with Gasteiger partial charge in [0.15, 0.2) is 0 Å². The van der Waals surface area contributed by atoms with Crippen LogP contribution in [0.3, 0.4) is 0 Å². The Kier molecular flexibility index (Phi) is 7.19. The van der Waals surface area contributed by atoms with Crippen LogP contribution < -0.4 is 9.80 Å². The number of halogens is 3. The minimum atomic E-state index is -4.47. The molecule has 0 spiro atoms. The van der Waals surface area contributed by atoms with Gasteiger partial charge in [0, 0.05) is 57.1 Å². The monoisotopic (exact) mass is 531 g/mol. The smallest absolute Gasteiger partial charge is 0.416 e. The molecule has 0 bridgehead atoms. The molecule has 3 aliphatic rings. The molecule has 204 valence electrons. The highest BCUT2D eigenvalue weighted by Crippen LogP contribution is 2.40. The van der Waals surface area contributed by atoms with Crippen molar-refractivity contribution in [1.82, 2.24) is 14.9 Å². The third-order valence-electron chi connectivity index (χ3n) is 8.11. The summed E-state index contributed by atoms with van der Waals surface area (Å²) in [6, 6.07) is 5.71. The normalized spacial score (nSPS) is 22.8. The number of carbonyl (C=O) groups is 2. The third kappa shape index (κ3) is 5.42. The molecule has 1 N–H and O–H groups in total. The molecule has 8 nitrogen and oxygen atoms in total. The highest BCUT2D eigenvalue weighted by molar-refractivity contribution is 5.80. The van der Waals surface area contributed by atoms with E-state index < -0.39 is 23.6 Å². The summed E-state index contributed by atoms with van der Waals surface area (Å²) in [5.74, 6) is 0.0157. The van der Waals surface area contributed by atoms with Crippen LogP contribution in [0.4, 0.5) is 24.7 Å². The Morgan fingerprint density at radius 3 is 2.34 bits per heavy atom. The fourth-order valence-corrected chi connectivity index (χ4v) is 5.97. The lowest BCUT2D eigenvalue weighted by Gasteiger charge is -2.34. The van der Waals surface area contributed by atoms with Gasteiger partial charge < -0.3 is 19.8 Å². The summed E-state index contributed by atoms with van der Waals surface area (Å²) >= 11 is 0. The number of likely N-dealkylation sites (tertiary alicyclic amines) is 1. The Bertz CT molecular complexity index is 1200. The number of nitrogens with zero attached hydrogens (tertiary/aromatic N) is 5. The van der Waals surface area contributed by atoms with Crippen molar-refractivity contribution in [1.29, 1.82) is 0 Å². The lowest BCUT2D eigenvalue weighted by molar-refractivity contribution is -0.142. The number of alkyl halides is 3. The fraction of sp³-hybridized carbons (Fsp3) is 0.556. The second-order valence-electron chi connectivity index (χ2n) is 10.5. The Morgan fingerprint density at radius 1 is 0.947 bits per heavy atom. The number of hydrogen-bond donors (Lipinski definition) is 1. The molecule has 2 unspecified atom stereocenters. The number of amides is 1. The Balaban J connectivity index is 1.29. The van der Waals surface area contributed by atoms with E-state index in [1.54, 1.807) is 12.3 Å². The number of aliphatic carboxylic acids is 1. The second kappa shape index (κ2) is 10.4. The first-order valence-electron chi connectivity index (χ1n) is 13.1. The van der Waals surface area contributed by atoms with Crippen molar-refractivity contribution < 1.29 is 27.9 Å². The van der Waals surface area contributed by atoms with Crippen molar-refractivity contribution in [3.05, 3.63) is 47.4 Å². The number of hydrogen-bond acceptors (Lipinski definition) is 6. The van der Waals surface area contributed by atoms with Gasteiger partial charge >= 0.3 is 12.1 Å². The molecular formula is C27H32F3N5O3. The maximum absolute atomic E-state index is 13.6. The van der Waals surface area contributed by atoms with Crippen molar-refractivity contribution in [2.45, 2.75) is 44.7 Å². The summed E-state index contributed by atoms with van der Waals surface area (Å²) in [6.45, 7) is 4.96. The quantitative estimate of drug-likeness (QED) is 0.625. The molecule has 3 aliphatic heterocycles. The van der Waals surface area contributed by atoms with E-state index in [0.29, 0.717) is 63.5 Å². The number of rotatable bonds is 5. The lowest BCUT2D eigenvalue weighted by Crippen LogP contribution is -2.37. The first-order chi connectivity index (χ1) is 18.1. The zero-order valence-corrected chi connectivity index (χ0v) is 21.3. The van der Waals surface area contributed by atoms with E-state index in [-0.39, 0.29) is 17.7 Å². The van der Waals surface area contributed by atoms with E-state index in [1.165, 1.54) is 6.07 Å². The molecule has 4 heterocycles. The van der Waals surface area contributed by atoms with Crippen molar-refractivity contribution >= 4 is 23.4 Å². The Labute approximate surface area is 219 Å². The minimum absolute atomic E-state index is 0.0737. The van der Waals surface area contributed by atoms with Gasteiger partial charge in [-0.05, 0) is 56.4 Å². The summed E-state index contributed by atoms with van der Waals surface area (Å²) in [6.07, 6.45) is -0.566. The maximum atomic E-state index is 13.6. The van der Waals surface area contributed by atoms with Gasteiger partial charge in [-0.25, -0.2) is 9.97 Å². The van der Waals surface area contributed by atoms with Gasteiger partial charge in [-0.3, -0.25) is 9.59 Å². The summed E-state index contributed by atoms with van der Waals surface area (Å²) in [5.41, 5.74) is 0.592. The van der Waals surface area contributed by atoms with Gasteiger partial charge in [0.1, 0.15) is 11.6 Å². The van der Waals surface area contributed by atoms with Crippen molar-refractivity contribution in [2.24, 2.45) is 11.8 Å². The van der Waals surface area contributed by atoms with Crippen LogP contribution in [-0.2, 0) is 15.8 Å². The largest absolute Gasteiger partial charge is 0.481 e. The van der Waals surface area contributed by atoms with Crippen LogP contribution in [0, 0.1) is 18.8 Å². The molecule has 2 aromatic rings. The number of piperidine rings is 1. The number of carbonyl (C=O) groups excluding carboxylic acids is 1. The van der Waals surface area contributed by atoms with Crippen LogP contribution in [0.2, 0.25) is 0 Å². The molecule has 0 aliphatic carbocycles. The average molecular weight is 532 g/mol. The summed E-state index contributed by atoms with van der Waals surface area (Å²) < 4.78 is 40.7. The van der Waals surface area contributed by atoms with E-state index >= 15 is 0 Å². The van der Waals surface area contributed by atoms with Crippen molar-refractivity contribution in [3.8, 4) is 0 Å². The van der Waals surface area contributed by atoms with E-state index in [2.05, 4.69) is 14.9 Å². The van der Waals surface area contributed by atoms with Gasteiger partial charge in [-0.2, -0.15) is 13.2 Å². The number of carboxylic acid groups (broad SMARTS) is 1. The predicted molar refractivity (Wildman–Crippen MR) is 135 cm³/mol. The number of aryl methyl sites for hydroxylation is 1. The van der Waals surface area contributed by atoms with Crippen LogP contribution in [-0.4, -0.2) is 71.1 Å². The third-order valence-corrected chi connectivity index (χ3v) is 8.11. The number of aromatic nitrogens is 2. The van der Waals surface area contributed by atoms with E-state index in [1.807, 2.05) is 22.8 Å². The first-order valence-corrected chi connectivity index (χ1v) is 13.1. The van der Waals surface area contributed by atoms with Gasteiger partial charge in [-0.15, -0.1) is 0 Å². The Hall–Kier alpha value is -3.37. The SMILES string of the molecule is Cc1nccc(N2CCC(C(=O)N3CCC(c4ccc(C(F)(F)F)cc4N4CCC(C(=O)O)CC4)C3)C2)n1. The zero-order chi connectivity index (χ0) is 27.0. The van der Waals surface area contributed by atoms with E-state index in [9.17, 15) is 27.9 Å². The van der Waals surface area contributed by atoms with Gasteiger partial charge in [0.05, 0.1) is 17.4 Å². The zero-order valence-electron chi connectivity index (χ0n) is 21.3. The molecule has 5 rings (SSSR count). The maximum Gasteiger partial charge on any atom is 0.416 e. The van der Waals surface area contributed by atoms with Gasteiger partial charge in [-0.1, -0.05) is 6.07 Å². The molecule has 3 fully saturated rings. The molecule has 0 saturated carbocycles. The molecule has 3 saturated heterocycles. The van der Waals surface area contributed by atoms with Crippen LogP contribution in [0.25, 0.3) is 0 Å². The van der Waals surface area contributed by atoms with E-state index in [0.717, 1.165) is 30.4 Å². The standard InChI is InChI=1S/C27H32F3N5O3/c1-17-31-9-4-24(32-17)34-12-8-20(16-34)25(36)35-13-7-19(15-35)22-3-2-21(27(28,29)30)14-23(22)33-10-5-18(6-11-33)26(37)38/h2-4,9,14,18-20H,5-8,10-13,15-16H2,1H3,(H,37,38). The summed E-state index contributed by atoms with van der Waals surface area (Å²) in [5, 5.41) is 9.32. The predicted octanol–water partition coefficient (Wildman–Crippen LogP) is 3.95. The highest BCUT2D eigenvalue weighted by Gasteiger charge is 2.38. The van der Waals surface area contributed by atoms with Crippen molar-refractivity contribution in [3.63, 3.8) is 0 Å². The topological polar surface area (TPSA) is 89.9 Å². The first kappa shape index (κ1) is 26.2. The number of carboxylic acids is 1. The van der Waals surface area contributed by atoms with Crippen LogP contribution in [0.15, 0.2) is 30.5 Å². The molecule has 11 heteroatoms. The molecule has 1 aromatic carbocycles. The van der Waals surface area contributed by atoms with Crippen LogP contribution in [0.1, 0.15) is 48.6 Å². The molecule has 38 heavy (non-hydrogen) atoms. The number of benzene rings is 1. The van der Waals surface area contributed by atoms with Gasteiger partial charge in [0.25, 0.3) is 0 Å². The second-order valence-corrected chi connectivity index (χ2v) is 10.5. The summed E-state index contributed by atoms with van der Waals surface area (Å²) in [7, 11) is 0. The van der Waals surface area contributed by atoms with Crippen LogP contribution in [0.5, 0.6) is 0 Å². The Morgan fingerprint density at radius 2 is 1.66 bits per heavy atom.